The van der Waals surface area contributed by atoms with Crippen LogP contribution in [0.25, 0.3) is 0 Å². The number of thioether (sulfide) groups is 1. The van der Waals surface area contributed by atoms with E-state index < -0.39 is 17.7 Å². The second kappa shape index (κ2) is 14.0. The normalized spacial score (nSPS) is 20.9. The molecule has 0 unspecified atom stereocenters. The van der Waals surface area contributed by atoms with E-state index in [1.54, 1.807) is 12.3 Å². The van der Waals surface area contributed by atoms with Gasteiger partial charge in [-0.25, -0.2) is 0 Å². The fraction of sp³-hybridized carbons (Fsp3) is 0.607. The summed E-state index contributed by atoms with van der Waals surface area (Å²) >= 11 is 1.26. The SMILES string of the molecule is CSc1nnc(C(=O)[C@H](CC(C)C)NC(=O)[C@@H]2CCCC[C@@H]2NC(=O)c2cccc(CN3CCOCC3)c2)o1. The predicted octanol–water partition coefficient (Wildman–Crippen LogP) is 3.33. The summed E-state index contributed by atoms with van der Waals surface area (Å²) in [6, 6.07) is 6.57. The van der Waals surface area contributed by atoms with Crippen LogP contribution >= 0.6 is 11.8 Å². The van der Waals surface area contributed by atoms with E-state index in [4.69, 9.17) is 9.15 Å². The lowest BCUT2D eigenvalue weighted by Gasteiger charge is -2.32. The summed E-state index contributed by atoms with van der Waals surface area (Å²) < 4.78 is 10.9. The maximum Gasteiger partial charge on any atom is 0.286 e. The minimum absolute atomic E-state index is 0.101. The average Bonchev–Trinajstić information content (AvgIpc) is 3.42. The molecule has 2 amide bonds. The maximum absolute atomic E-state index is 13.5. The zero-order valence-electron chi connectivity index (χ0n) is 23.0. The maximum atomic E-state index is 13.5. The number of nitrogens with zero attached hydrogens (tertiary/aromatic N) is 3. The van der Waals surface area contributed by atoms with Crippen LogP contribution in [0.5, 0.6) is 0 Å². The lowest BCUT2D eigenvalue weighted by molar-refractivity contribution is -0.127. The van der Waals surface area contributed by atoms with E-state index in [1.165, 1.54) is 11.8 Å². The van der Waals surface area contributed by atoms with Crippen molar-refractivity contribution in [3.05, 3.63) is 41.3 Å². The average molecular weight is 558 g/mol. The number of amides is 2. The van der Waals surface area contributed by atoms with Crippen LogP contribution in [0.15, 0.2) is 33.9 Å². The molecule has 39 heavy (non-hydrogen) atoms. The molecule has 2 heterocycles. The lowest BCUT2D eigenvalue weighted by atomic mass is 9.83. The molecule has 1 saturated heterocycles. The van der Waals surface area contributed by atoms with Crippen LogP contribution in [0.2, 0.25) is 0 Å². The Kier molecular flexibility index (Phi) is 10.5. The molecule has 1 aliphatic heterocycles. The van der Waals surface area contributed by atoms with E-state index in [9.17, 15) is 14.4 Å². The number of carbonyl (C=O) groups excluding carboxylic acids is 3. The van der Waals surface area contributed by atoms with Crippen LogP contribution in [0.1, 0.15) is 72.6 Å². The van der Waals surface area contributed by atoms with E-state index in [1.807, 2.05) is 32.0 Å². The molecule has 212 valence electrons. The number of morpholine rings is 1. The monoisotopic (exact) mass is 557 g/mol. The number of ether oxygens (including phenoxy) is 1. The number of aromatic nitrogens is 2. The van der Waals surface area contributed by atoms with E-state index in [0.29, 0.717) is 30.0 Å². The van der Waals surface area contributed by atoms with E-state index in [-0.39, 0.29) is 29.7 Å². The third-order valence-electron chi connectivity index (χ3n) is 7.25. The molecule has 0 spiro atoms. The molecule has 1 aromatic carbocycles. The van der Waals surface area contributed by atoms with Gasteiger partial charge in [0.15, 0.2) is 0 Å². The second-order valence-corrected chi connectivity index (χ2v) is 11.4. The molecule has 1 saturated carbocycles. The summed E-state index contributed by atoms with van der Waals surface area (Å²) in [7, 11) is 0. The van der Waals surface area contributed by atoms with Crippen LogP contribution in [-0.4, -0.2) is 77.3 Å². The molecule has 0 bridgehead atoms. The van der Waals surface area contributed by atoms with Crippen LogP contribution < -0.4 is 10.6 Å². The van der Waals surface area contributed by atoms with Gasteiger partial charge >= 0.3 is 0 Å². The summed E-state index contributed by atoms with van der Waals surface area (Å²) in [4.78, 5) is 42.2. The van der Waals surface area contributed by atoms with Crippen molar-refractivity contribution in [2.75, 3.05) is 32.6 Å². The number of nitrogens with one attached hydrogen (secondary N) is 2. The summed E-state index contributed by atoms with van der Waals surface area (Å²) in [6.07, 6.45) is 5.41. The molecule has 10 nitrogen and oxygen atoms in total. The number of benzene rings is 1. The van der Waals surface area contributed by atoms with Gasteiger partial charge in [0.05, 0.1) is 25.2 Å². The number of ketones is 1. The molecular weight excluding hydrogens is 518 g/mol. The van der Waals surface area contributed by atoms with Crippen LogP contribution in [0.3, 0.4) is 0 Å². The Morgan fingerprint density at radius 2 is 1.90 bits per heavy atom. The van der Waals surface area contributed by atoms with Crippen LogP contribution in [0, 0.1) is 11.8 Å². The summed E-state index contributed by atoms with van der Waals surface area (Å²) in [5, 5.41) is 14.1. The van der Waals surface area contributed by atoms with E-state index in [2.05, 4.69) is 25.7 Å². The predicted molar refractivity (Wildman–Crippen MR) is 148 cm³/mol. The Bertz CT molecular complexity index is 1130. The highest BCUT2D eigenvalue weighted by molar-refractivity contribution is 7.98. The van der Waals surface area contributed by atoms with Gasteiger partial charge in [-0.3, -0.25) is 19.3 Å². The van der Waals surface area contributed by atoms with Crippen molar-refractivity contribution in [2.24, 2.45) is 11.8 Å². The van der Waals surface area contributed by atoms with E-state index in [0.717, 1.165) is 51.3 Å². The minimum Gasteiger partial charge on any atom is -0.408 e. The molecule has 1 aliphatic carbocycles. The minimum atomic E-state index is -0.775. The number of hydrogen-bond acceptors (Lipinski definition) is 9. The zero-order chi connectivity index (χ0) is 27.8. The topological polar surface area (TPSA) is 127 Å². The van der Waals surface area contributed by atoms with Crippen molar-refractivity contribution in [3.8, 4) is 0 Å². The first-order valence-electron chi connectivity index (χ1n) is 13.8. The van der Waals surface area contributed by atoms with Gasteiger partial charge in [-0.1, -0.05) is 50.6 Å². The third kappa shape index (κ3) is 8.12. The number of rotatable bonds is 11. The van der Waals surface area contributed by atoms with Gasteiger partial charge < -0.3 is 19.8 Å². The van der Waals surface area contributed by atoms with Gasteiger partial charge in [-0.15, -0.1) is 10.2 Å². The summed E-state index contributed by atoms with van der Waals surface area (Å²) in [6.45, 7) is 7.95. The fourth-order valence-corrected chi connectivity index (χ4v) is 5.50. The molecule has 11 heteroatoms. The molecule has 2 aromatic rings. The standard InChI is InChI=1S/C28H39N5O5S/c1-18(2)15-23(24(34)27-31-32-28(38-27)39-3)30-26(36)21-9-4-5-10-22(21)29-25(35)20-8-6-7-19(16-20)17-33-11-13-37-14-12-33/h6-8,16,18,21-23H,4-5,9-15,17H2,1-3H3,(H,29,35)(H,30,36)/t21-,22+,23+/m1/s1. The van der Waals surface area contributed by atoms with Crippen LogP contribution in [0.4, 0.5) is 0 Å². The molecule has 3 atom stereocenters. The highest BCUT2D eigenvalue weighted by Gasteiger charge is 2.35. The van der Waals surface area contributed by atoms with Crippen molar-refractivity contribution in [1.82, 2.24) is 25.7 Å². The van der Waals surface area contributed by atoms with Gasteiger partial charge in [-0.2, -0.15) is 0 Å². The van der Waals surface area contributed by atoms with Crippen molar-refractivity contribution in [2.45, 2.75) is 69.8 Å². The number of Topliss-reactive ketones (excluding diaryl/α,β-unsaturated/α-hetero) is 1. The molecule has 0 radical (unpaired) electrons. The Morgan fingerprint density at radius 3 is 2.62 bits per heavy atom. The highest BCUT2D eigenvalue weighted by Crippen LogP contribution is 2.26. The van der Waals surface area contributed by atoms with Gasteiger partial charge in [0, 0.05) is 31.2 Å². The van der Waals surface area contributed by atoms with Crippen molar-refractivity contribution >= 4 is 29.4 Å². The second-order valence-electron chi connectivity index (χ2n) is 10.7. The molecule has 2 fully saturated rings. The number of carbonyl (C=O) groups is 3. The Hall–Kier alpha value is -2.76. The molecule has 1 aromatic heterocycles. The molecule has 4 rings (SSSR count). The summed E-state index contributed by atoms with van der Waals surface area (Å²) in [5.41, 5.74) is 1.66. The third-order valence-corrected chi connectivity index (χ3v) is 7.76. The largest absolute Gasteiger partial charge is 0.408 e. The summed E-state index contributed by atoms with van der Waals surface area (Å²) in [5.74, 6) is -1.17. The highest BCUT2D eigenvalue weighted by atomic mass is 32.2. The first-order chi connectivity index (χ1) is 18.8. The Morgan fingerprint density at radius 1 is 1.13 bits per heavy atom. The Labute approximate surface area is 234 Å². The molecular formula is C28H39N5O5S. The first-order valence-corrected chi connectivity index (χ1v) is 15.0. The first kappa shape index (κ1) is 29.2. The van der Waals surface area contributed by atoms with Gasteiger partial charge in [0.1, 0.15) is 0 Å². The van der Waals surface area contributed by atoms with Crippen molar-refractivity contribution in [1.29, 1.82) is 0 Å². The molecule has 2 aliphatic rings. The van der Waals surface area contributed by atoms with E-state index >= 15 is 0 Å². The molecule has 2 N–H and O–H groups in total. The van der Waals surface area contributed by atoms with Gasteiger partial charge in [-0.05, 0) is 49.1 Å². The lowest BCUT2D eigenvalue weighted by Crippen LogP contribution is -2.52. The quantitative estimate of drug-likeness (QED) is 0.316. The zero-order valence-corrected chi connectivity index (χ0v) is 23.8. The van der Waals surface area contributed by atoms with Gasteiger partial charge in [0.25, 0.3) is 17.0 Å². The van der Waals surface area contributed by atoms with Crippen molar-refractivity contribution in [3.63, 3.8) is 0 Å². The van der Waals surface area contributed by atoms with Crippen LogP contribution in [-0.2, 0) is 16.1 Å². The van der Waals surface area contributed by atoms with Gasteiger partial charge in [0.2, 0.25) is 11.7 Å². The van der Waals surface area contributed by atoms with Crippen molar-refractivity contribution < 1.29 is 23.5 Å². The number of hydrogen-bond donors (Lipinski definition) is 2. The smallest absolute Gasteiger partial charge is 0.286 e. The fourth-order valence-electron chi connectivity index (χ4n) is 5.22. The Balaban J connectivity index is 1.41.